The third kappa shape index (κ3) is 2.50. The smallest absolute Gasteiger partial charge is 0.339 e. The van der Waals surface area contributed by atoms with Crippen LogP contribution >= 0.6 is 12.2 Å². The zero-order valence-corrected chi connectivity index (χ0v) is 8.56. The molecule has 0 aliphatic rings. The molecule has 0 spiro atoms. The first-order valence-electron chi connectivity index (χ1n) is 3.50. The maximum absolute atomic E-state index is 11.2. The summed E-state index contributed by atoms with van der Waals surface area (Å²) in [6.45, 7) is 1.87. The minimum absolute atomic E-state index is 0.110. The molecule has 0 bridgehead atoms. The highest BCUT2D eigenvalue weighted by molar-refractivity contribution is 7.88. The summed E-state index contributed by atoms with van der Waals surface area (Å²) in [5.74, 6) is 0. The van der Waals surface area contributed by atoms with Gasteiger partial charge in [-0.05, 0) is 31.3 Å². The highest BCUT2D eigenvalue weighted by Gasteiger charge is 2.12. The Balaban J connectivity index is 3.08. The monoisotopic (exact) mass is 216 g/mol. The predicted octanol–water partition coefficient (Wildman–Crippen LogP) is 1.66. The fourth-order valence-corrected chi connectivity index (χ4v) is 1.81. The van der Waals surface area contributed by atoms with Crippen molar-refractivity contribution in [1.82, 2.24) is 0 Å². The average molecular weight is 216 g/mol. The molecule has 0 saturated heterocycles. The Morgan fingerprint density at radius 2 is 1.85 bits per heavy atom. The van der Waals surface area contributed by atoms with E-state index in [2.05, 4.69) is 16.4 Å². The number of thiocarbonyl (C=S) groups is 1. The zero-order valence-electron chi connectivity index (χ0n) is 6.93. The Morgan fingerprint density at radius 3 is 2.31 bits per heavy atom. The highest BCUT2D eigenvalue weighted by atomic mass is 32.2. The molecule has 0 aliphatic carbocycles. The Kier molecular flexibility index (Phi) is 3.00. The second-order valence-electron chi connectivity index (χ2n) is 2.46. The SMILES string of the molecule is Cc1ccc(S(=O)(=O)OC=S)cc1. The van der Waals surface area contributed by atoms with Crippen LogP contribution in [0, 0.1) is 6.92 Å². The molecule has 0 heterocycles. The number of hydrogen-bond acceptors (Lipinski definition) is 4. The number of hydrogen-bond donors (Lipinski definition) is 0. The normalized spacial score (nSPS) is 10.8. The molecular formula is C8H8O3S2. The minimum Gasteiger partial charge on any atom is -0.375 e. The van der Waals surface area contributed by atoms with E-state index < -0.39 is 10.1 Å². The van der Waals surface area contributed by atoms with Gasteiger partial charge >= 0.3 is 10.1 Å². The van der Waals surface area contributed by atoms with Gasteiger partial charge in [0.1, 0.15) is 4.90 Å². The van der Waals surface area contributed by atoms with Crippen molar-refractivity contribution in [3.8, 4) is 0 Å². The quantitative estimate of drug-likeness (QED) is 0.569. The van der Waals surface area contributed by atoms with E-state index in [0.29, 0.717) is 0 Å². The van der Waals surface area contributed by atoms with Crippen LogP contribution < -0.4 is 0 Å². The molecule has 0 saturated carbocycles. The Labute approximate surface area is 82.5 Å². The molecule has 1 aromatic rings. The largest absolute Gasteiger partial charge is 0.375 e. The summed E-state index contributed by atoms with van der Waals surface area (Å²) >= 11 is 4.30. The van der Waals surface area contributed by atoms with Gasteiger partial charge < -0.3 is 4.18 Å². The standard InChI is InChI=1S/C8H8O3S2/c1-7-2-4-8(5-3-7)13(9,10)11-6-12/h2-6H,1H3. The predicted molar refractivity (Wildman–Crippen MR) is 53.1 cm³/mol. The molecule has 70 valence electrons. The molecule has 0 aromatic heterocycles. The van der Waals surface area contributed by atoms with Gasteiger partial charge in [0.15, 0.2) is 5.55 Å². The van der Waals surface area contributed by atoms with Gasteiger partial charge in [0, 0.05) is 0 Å². The van der Waals surface area contributed by atoms with Crippen molar-refractivity contribution in [3.63, 3.8) is 0 Å². The molecule has 5 heteroatoms. The Bertz CT molecular complexity index is 392. The number of rotatable bonds is 3. The summed E-state index contributed by atoms with van der Waals surface area (Å²) in [6.07, 6.45) is 0. The van der Waals surface area contributed by atoms with Gasteiger partial charge in [-0.25, -0.2) is 0 Å². The van der Waals surface area contributed by atoms with Crippen LogP contribution in [0.5, 0.6) is 0 Å². The average Bonchev–Trinajstić information content (AvgIpc) is 2.05. The zero-order chi connectivity index (χ0) is 9.90. The molecule has 13 heavy (non-hydrogen) atoms. The fraction of sp³-hybridized carbons (Fsp3) is 0.125. The van der Waals surface area contributed by atoms with Crippen LogP contribution in [0.25, 0.3) is 0 Å². The molecule has 0 N–H and O–H groups in total. The molecule has 0 aliphatic heterocycles. The van der Waals surface area contributed by atoms with E-state index in [-0.39, 0.29) is 4.90 Å². The van der Waals surface area contributed by atoms with Gasteiger partial charge in [-0.1, -0.05) is 17.7 Å². The van der Waals surface area contributed by atoms with Crippen molar-refractivity contribution in [3.05, 3.63) is 29.8 Å². The molecule has 0 radical (unpaired) electrons. The molecule has 0 atom stereocenters. The third-order valence-electron chi connectivity index (χ3n) is 1.48. The molecule has 1 aromatic carbocycles. The van der Waals surface area contributed by atoms with Crippen LogP contribution in [-0.4, -0.2) is 14.0 Å². The van der Waals surface area contributed by atoms with Gasteiger partial charge in [-0.3, -0.25) is 0 Å². The number of aryl methyl sites for hydroxylation is 1. The fourth-order valence-electron chi connectivity index (χ4n) is 0.812. The molecule has 0 amide bonds. The van der Waals surface area contributed by atoms with Crippen LogP contribution in [0.1, 0.15) is 5.56 Å². The molecule has 1 rings (SSSR count). The maximum atomic E-state index is 11.2. The Morgan fingerprint density at radius 1 is 1.31 bits per heavy atom. The van der Waals surface area contributed by atoms with Crippen LogP contribution in [0.4, 0.5) is 0 Å². The van der Waals surface area contributed by atoms with Gasteiger partial charge in [-0.2, -0.15) is 8.42 Å². The lowest BCUT2D eigenvalue weighted by Gasteiger charge is -2.01. The minimum atomic E-state index is -3.69. The van der Waals surface area contributed by atoms with Gasteiger partial charge in [0.25, 0.3) is 0 Å². The van der Waals surface area contributed by atoms with Crippen LogP contribution in [0.15, 0.2) is 29.2 Å². The van der Waals surface area contributed by atoms with E-state index in [1.165, 1.54) is 12.1 Å². The van der Waals surface area contributed by atoms with Crippen molar-refractivity contribution in [2.75, 3.05) is 0 Å². The summed E-state index contributed by atoms with van der Waals surface area (Å²) < 4.78 is 26.8. The van der Waals surface area contributed by atoms with Crippen molar-refractivity contribution in [2.45, 2.75) is 11.8 Å². The van der Waals surface area contributed by atoms with Crippen molar-refractivity contribution < 1.29 is 12.6 Å². The maximum Gasteiger partial charge on any atom is 0.339 e. The van der Waals surface area contributed by atoms with Gasteiger partial charge in [0.05, 0.1) is 0 Å². The summed E-state index contributed by atoms with van der Waals surface area (Å²) in [5, 5.41) is 0. The van der Waals surface area contributed by atoms with Crippen LogP contribution in [-0.2, 0) is 14.3 Å². The Hall–Kier alpha value is -0.940. The van der Waals surface area contributed by atoms with Crippen molar-refractivity contribution in [2.24, 2.45) is 0 Å². The van der Waals surface area contributed by atoms with Crippen LogP contribution in [0.3, 0.4) is 0 Å². The van der Waals surface area contributed by atoms with E-state index in [0.717, 1.165) is 11.1 Å². The highest BCUT2D eigenvalue weighted by Crippen LogP contribution is 2.11. The molecule has 3 nitrogen and oxygen atoms in total. The molecule has 0 fully saturated rings. The van der Waals surface area contributed by atoms with E-state index in [1.807, 2.05) is 6.92 Å². The van der Waals surface area contributed by atoms with Crippen molar-refractivity contribution in [1.29, 1.82) is 0 Å². The topological polar surface area (TPSA) is 43.4 Å². The summed E-state index contributed by atoms with van der Waals surface area (Å²) in [6, 6.07) is 6.34. The lowest BCUT2D eigenvalue weighted by atomic mass is 10.2. The summed E-state index contributed by atoms with van der Waals surface area (Å²) in [5.41, 5.74) is 1.72. The van der Waals surface area contributed by atoms with Crippen molar-refractivity contribution >= 4 is 27.9 Å². The first-order chi connectivity index (χ1) is 6.06. The third-order valence-corrected chi connectivity index (χ3v) is 2.89. The van der Waals surface area contributed by atoms with E-state index >= 15 is 0 Å². The first kappa shape index (κ1) is 10.1. The summed E-state index contributed by atoms with van der Waals surface area (Å²) in [7, 11) is -3.69. The number of benzene rings is 1. The van der Waals surface area contributed by atoms with E-state index in [4.69, 9.17) is 0 Å². The van der Waals surface area contributed by atoms with E-state index in [9.17, 15) is 8.42 Å². The molecule has 0 unspecified atom stereocenters. The lowest BCUT2D eigenvalue weighted by Crippen LogP contribution is -2.03. The first-order valence-corrected chi connectivity index (χ1v) is 5.38. The van der Waals surface area contributed by atoms with Gasteiger partial charge in [-0.15, -0.1) is 0 Å². The van der Waals surface area contributed by atoms with Gasteiger partial charge in [0.2, 0.25) is 0 Å². The molecular weight excluding hydrogens is 208 g/mol. The second kappa shape index (κ2) is 3.85. The second-order valence-corrected chi connectivity index (χ2v) is 4.22. The van der Waals surface area contributed by atoms with E-state index in [1.54, 1.807) is 12.1 Å². The summed E-state index contributed by atoms with van der Waals surface area (Å²) in [4.78, 5) is 0.110. The lowest BCUT2D eigenvalue weighted by molar-refractivity contribution is 0.496. The van der Waals surface area contributed by atoms with Crippen LogP contribution in [0.2, 0.25) is 0 Å².